The van der Waals surface area contributed by atoms with Crippen LogP contribution < -0.4 is 5.32 Å². The monoisotopic (exact) mass is 440 g/mol. The van der Waals surface area contributed by atoms with Gasteiger partial charge in [0, 0.05) is 46.2 Å². The van der Waals surface area contributed by atoms with Crippen molar-refractivity contribution in [3.8, 4) is 5.69 Å². The van der Waals surface area contributed by atoms with Crippen LogP contribution in [-0.4, -0.2) is 44.8 Å². The quantitative estimate of drug-likeness (QED) is 0.352. The molecule has 7 heteroatoms. The van der Waals surface area contributed by atoms with Crippen molar-refractivity contribution in [2.24, 2.45) is 0 Å². The van der Waals surface area contributed by atoms with E-state index in [1.54, 1.807) is 0 Å². The second-order valence-electron chi connectivity index (χ2n) is 8.37. The van der Waals surface area contributed by atoms with E-state index < -0.39 is 12.1 Å². The van der Waals surface area contributed by atoms with E-state index in [0.717, 1.165) is 38.4 Å². The summed E-state index contributed by atoms with van der Waals surface area (Å²) in [6, 6.07) is 18.2. The molecule has 1 unspecified atom stereocenters. The molecule has 0 radical (unpaired) electrons. The van der Waals surface area contributed by atoms with Gasteiger partial charge < -0.3 is 14.9 Å². The second-order valence-corrected chi connectivity index (χ2v) is 8.37. The smallest absolute Gasteiger partial charge is 0.325 e. The number of aromatic nitrogens is 2. The minimum Gasteiger partial charge on any atom is -0.361 e. The SMILES string of the molecule is Cc1cc(C(=O)CN2C(=O)NC(Cc3c[nH]c4ccccc34)C2=O)c(C)n1-c1ccccc1. The summed E-state index contributed by atoms with van der Waals surface area (Å²) in [6.45, 7) is 3.52. The van der Waals surface area contributed by atoms with Gasteiger partial charge in [0.15, 0.2) is 5.78 Å². The molecule has 2 N–H and O–H groups in total. The van der Waals surface area contributed by atoms with Crippen LogP contribution in [0.4, 0.5) is 4.79 Å². The Hall–Kier alpha value is -4.13. The van der Waals surface area contributed by atoms with Crippen molar-refractivity contribution in [3.63, 3.8) is 0 Å². The number of carbonyl (C=O) groups excluding carboxylic acids is 3. The third-order valence-electron chi connectivity index (χ3n) is 6.25. The molecule has 2 aromatic heterocycles. The van der Waals surface area contributed by atoms with E-state index in [-0.39, 0.29) is 18.2 Å². The number of aryl methyl sites for hydroxylation is 1. The third kappa shape index (κ3) is 3.61. The molecule has 4 aromatic rings. The number of nitrogens with zero attached hydrogens (tertiary/aromatic N) is 2. The first-order valence-corrected chi connectivity index (χ1v) is 10.9. The largest absolute Gasteiger partial charge is 0.361 e. The number of ketones is 1. The van der Waals surface area contributed by atoms with Gasteiger partial charge in [0.05, 0.1) is 6.54 Å². The molecule has 1 aliphatic rings. The van der Waals surface area contributed by atoms with Crippen LogP contribution in [0, 0.1) is 13.8 Å². The highest BCUT2D eigenvalue weighted by Gasteiger charge is 2.39. The Morgan fingerprint density at radius 1 is 1.00 bits per heavy atom. The Balaban J connectivity index is 1.34. The summed E-state index contributed by atoms with van der Waals surface area (Å²) in [5, 5.41) is 3.75. The number of H-pyrrole nitrogens is 1. The number of aromatic amines is 1. The Bertz CT molecular complexity index is 1380. The van der Waals surface area contributed by atoms with Gasteiger partial charge in [-0.05, 0) is 43.7 Å². The Morgan fingerprint density at radius 2 is 1.73 bits per heavy atom. The molecule has 5 rings (SSSR count). The van der Waals surface area contributed by atoms with Crippen LogP contribution in [0.1, 0.15) is 27.3 Å². The molecule has 1 atom stereocenters. The average molecular weight is 441 g/mol. The lowest BCUT2D eigenvalue weighted by Crippen LogP contribution is -2.36. The summed E-state index contributed by atoms with van der Waals surface area (Å²) >= 11 is 0. The van der Waals surface area contributed by atoms with Crippen molar-refractivity contribution in [2.45, 2.75) is 26.3 Å². The van der Waals surface area contributed by atoms with Crippen molar-refractivity contribution >= 4 is 28.6 Å². The molecule has 2 aromatic carbocycles. The summed E-state index contributed by atoms with van der Waals surface area (Å²) in [5.74, 6) is -0.642. The van der Waals surface area contributed by atoms with Crippen molar-refractivity contribution in [2.75, 3.05) is 6.54 Å². The summed E-state index contributed by atoms with van der Waals surface area (Å²) in [6.07, 6.45) is 2.22. The van der Waals surface area contributed by atoms with E-state index in [1.165, 1.54) is 0 Å². The molecule has 33 heavy (non-hydrogen) atoms. The molecule has 1 aliphatic heterocycles. The van der Waals surface area contributed by atoms with Crippen LogP contribution in [-0.2, 0) is 11.2 Å². The van der Waals surface area contributed by atoms with Crippen LogP contribution in [0.3, 0.4) is 0 Å². The number of urea groups is 1. The van der Waals surface area contributed by atoms with Gasteiger partial charge in [0.2, 0.25) is 0 Å². The standard InChI is InChI=1S/C26H24N4O3/c1-16-12-21(17(2)30(16)19-8-4-3-5-9-19)24(31)15-29-25(32)23(28-26(29)33)13-18-14-27-22-11-7-6-10-20(18)22/h3-12,14,23,27H,13,15H2,1-2H3,(H,28,33). The zero-order valence-electron chi connectivity index (χ0n) is 18.5. The normalized spacial score (nSPS) is 15.9. The number of para-hydroxylation sites is 2. The first kappa shape index (κ1) is 20.8. The summed E-state index contributed by atoms with van der Waals surface area (Å²) in [5.41, 5.74) is 5.09. The maximum Gasteiger partial charge on any atom is 0.325 e. The number of amides is 3. The number of nitrogens with one attached hydrogen (secondary N) is 2. The Morgan fingerprint density at radius 3 is 2.52 bits per heavy atom. The Labute approximate surface area is 191 Å². The number of imide groups is 1. The number of fused-ring (bicyclic) bond motifs is 1. The number of rotatable bonds is 6. The van der Waals surface area contributed by atoms with Crippen LogP contribution >= 0.6 is 0 Å². The van der Waals surface area contributed by atoms with Crippen LogP contribution in [0.15, 0.2) is 66.9 Å². The maximum atomic E-state index is 13.1. The van der Waals surface area contributed by atoms with Crippen molar-refractivity contribution in [1.29, 1.82) is 0 Å². The number of hydrogen-bond acceptors (Lipinski definition) is 3. The van der Waals surface area contributed by atoms with Crippen LogP contribution in [0.2, 0.25) is 0 Å². The van der Waals surface area contributed by atoms with Gasteiger partial charge in [-0.15, -0.1) is 0 Å². The first-order valence-electron chi connectivity index (χ1n) is 10.9. The van der Waals surface area contributed by atoms with Crippen molar-refractivity contribution in [1.82, 2.24) is 19.8 Å². The van der Waals surface area contributed by atoms with Crippen molar-refractivity contribution in [3.05, 3.63) is 89.4 Å². The van der Waals surface area contributed by atoms with Gasteiger partial charge in [-0.1, -0.05) is 36.4 Å². The number of benzene rings is 2. The van der Waals surface area contributed by atoms with Crippen LogP contribution in [0.5, 0.6) is 0 Å². The number of hydrogen-bond donors (Lipinski definition) is 2. The number of carbonyl (C=O) groups is 3. The molecular formula is C26H24N4O3. The molecule has 0 bridgehead atoms. The van der Waals surface area contributed by atoms with Gasteiger partial charge >= 0.3 is 6.03 Å². The fourth-order valence-electron chi connectivity index (χ4n) is 4.63. The molecule has 0 saturated carbocycles. The second kappa shape index (κ2) is 8.09. The molecule has 7 nitrogen and oxygen atoms in total. The van der Waals surface area contributed by atoms with Gasteiger partial charge in [0.1, 0.15) is 6.04 Å². The summed E-state index contributed by atoms with van der Waals surface area (Å²) in [4.78, 5) is 42.9. The molecule has 3 amide bonds. The molecule has 1 saturated heterocycles. The van der Waals surface area contributed by atoms with E-state index in [9.17, 15) is 14.4 Å². The maximum absolute atomic E-state index is 13.1. The van der Waals surface area contributed by atoms with E-state index in [1.807, 2.05) is 85.3 Å². The third-order valence-corrected chi connectivity index (χ3v) is 6.25. The van der Waals surface area contributed by atoms with Gasteiger partial charge in [-0.2, -0.15) is 0 Å². The zero-order valence-corrected chi connectivity index (χ0v) is 18.5. The van der Waals surface area contributed by atoms with Gasteiger partial charge in [-0.3, -0.25) is 14.5 Å². The molecule has 3 heterocycles. The van der Waals surface area contributed by atoms with Gasteiger partial charge in [0.25, 0.3) is 5.91 Å². The minimum absolute atomic E-state index is 0.262. The summed E-state index contributed by atoms with van der Waals surface area (Å²) < 4.78 is 2.00. The lowest BCUT2D eigenvalue weighted by Gasteiger charge is -2.13. The molecular weight excluding hydrogens is 416 g/mol. The first-order chi connectivity index (χ1) is 15.9. The highest BCUT2D eigenvalue weighted by Crippen LogP contribution is 2.23. The van der Waals surface area contributed by atoms with Crippen molar-refractivity contribution < 1.29 is 14.4 Å². The average Bonchev–Trinajstić information content (AvgIpc) is 3.44. The van der Waals surface area contributed by atoms with E-state index in [4.69, 9.17) is 0 Å². The predicted octanol–water partition coefficient (Wildman–Crippen LogP) is 3.92. The zero-order chi connectivity index (χ0) is 23.1. The summed E-state index contributed by atoms with van der Waals surface area (Å²) in [7, 11) is 0. The van der Waals surface area contributed by atoms with E-state index >= 15 is 0 Å². The highest BCUT2D eigenvalue weighted by molar-refractivity contribution is 6.09. The van der Waals surface area contributed by atoms with E-state index in [2.05, 4.69) is 10.3 Å². The van der Waals surface area contributed by atoms with Gasteiger partial charge in [-0.25, -0.2) is 4.79 Å². The van der Waals surface area contributed by atoms with E-state index in [0.29, 0.717) is 12.0 Å². The minimum atomic E-state index is -0.693. The lowest BCUT2D eigenvalue weighted by atomic mass is 10.0. The highest BCUT2D eigenvalue weighted by atomic mass is 16.2. The molecule has 0 spiro atoms. The molecule has 1 fully saturated rings. The molecule has 166 valence electrons. The fourth-order valence-corrected chi connectivity index (χ4v) is 4.63. The fraction of sp³-hybridized carbons (Fsp3) is 0.192. The van der Waals surface area contributed by atoms with Crippen LogP contribution in [0.25, 0.3) is 16.6 Å². The number of Topliss-reactive ketones (excluding diaryl/α,β-unsaturated/α-hetero) is 1. The lowest BCUT2D eigenvalue weighted by molar-refractivity contribution is -0.127. The predicted molar refractivity (Wildman–Crippen MR) is 126 cm³/mol. The molecule has 0 aliphatic carbocycles. The topological polar surface area (TPSA) is 87.2 Å². The Kier molecular flexibility index (Phi) is 5.09.